The number of hydrogen-bond acceptors (Lipinski definition) is 5. The Bertz CT molecular complexity index is 304. The fraction of sp³-hybridized carbons (Fsp3) is 0.875. The number of carbonyl (C=O) groups is 2. The fourth-order valence-electron chi connectivity index (χ4n) is 1.55. The highest BCUT2D eigenvalue weighted by atomic mass is 32.2. The topological polar surface area (TPSA) is 113 Å². The molecule has 2 atom stereocenters. The van der Waals surface area contributed by atoms with Gasteiger partial charge < -0.3 is 21.3 Å². The Balaban J connectivity index is 0. The van der Waals surface area contributed by atoms with Gasteiger partial charge in [-0.3, -0.25) is 9.59 Å². The van der Waals surface area contributed by atoms with E-state index < -0.39 is 18.0 Å². The van der Waals surface area contributed by atoms with Crippen LogP contribution in [0.1, 0.15) is 52.9 Å². The molecule has 2 unspecified atom stereocenters. The molecule has 0 aliphatic rings. The molecule has 0 bridgehead atoms. The van der Waals surface area contributed by atoms with Crippen molar-refractivity contribution in [3.63, 3.8) is 0 Å². The monoisotopic (exact) mass is 350 g/mol. The Labute approximate surface area is 144 Å². The number of thioether (sulfide) groups is 1. The van der Waals surface area contributed by atoms with E-state index in [0.29, 0.717) is 5.75 Å². The van der Waals surface area contributed by atoms with Crippen LogP contribution in [-0.2, 0) is 9.59 Å². The first-order valence-corrected chi connectivity index (χ1v) is 9.51. The highest BCUT2D eigenvalue weighted by Crippen LogP contribution is 2.06. The quantitative estimate of drug-likeness (QED) is 0.377. The third-order valence-electron chi connectivity index (χ3n) is 3.05. The van der Waals surface area contributed by atoms with Crippen molar-refractivity contribution in [2.45, 2.75) is 58.9 Å². The van der Waals surface area contributed by atoms with Crippen LogP contribution in [0.5, 0.6) is 0 Å². The van der Waals surface area contributed by atoms with E-state index in [-0.39, 0.29) is 5.92 Å². The second-order valence-corrected chi connectivity index (χ2v) is 6.65. The van der Waals surface area contributed by atoms with Gasteiger partial charge in [0.1, 0.15) is 6.04 Å². The third kappa shape index (κ3) is 19.2. The van der Waals surface area contributed by atoms with Crippen molar-refractivity contribution >= 4 is 23.7 Å². The minimum absolute atomic E-state index is 0.189. The van der Waals surface area contributed by atoms with Gasteiger partial charge in [0, 0.05) is 5.75 Å². The smallest absolute Gasteiger partial charge is 0.321 e. The maximum atomic E-state index is 10.4. The van der Waals surface area contributed by atoms with E-state index >= 15 is 0 Å². The van der Waals surface area contributed by atoms with Crippen molar-refractivity contribution in [1.82, 2.24) is 5.32 Å². The number of aliphatic carboxylic acids is 2. The lowest BCUT2D eigenvalue weighted by atomic mass is 10.0. The van der Waals surface area contributed by atoms with Crippen molar-refractivity contribution in [1.29, 1.82) is 0 Å². The molecule has 23 heavy (non-hydrogen) atoms. The first kappa shape index (κ1) is 24.5. The van der Waals surface area contributed by atoms with Gasteiger partial charge >= 0.3 is 11.9 Å². The van der Waals surface area contributed by atoms with Crippen LogP contribution in [0.4, 0.5) is 0 Å². The average Bonchev–Trinajstić information content (AvgIpc) is 2.51. The lowest BCUT2D eigenvalue weighted by Gasteiger charge is -2.05. The molecule has 0 spiro atoms. The molecule has 0 heterocycles. The van der Waals surface area contributed by atoms with Gasteiger partial charge in [-0.1, -0.05) is 27.2 Å². The average molecular weight is 351 g/mol. The molecule has 0 aliphatic heterocycles. The fourth-order valence-corrected chi connectivity index (χ4v) is 2.40. The molecule has 0 fully saturated rings. The van der Waals surface area contributed by atoms with Crippen LogP contribution in [0.15, 0.2) is 0 Å². The lowest BCUT2D eigenvalue weighted by Crippen LogP contribution is -2.32. The molecular weight excluding hydrogens is 316 g/mol. The second-order valence-electron chi connectivity index (χ2n) is 5.50. The van der Waals surface area contributed by atoms with Gasteiger partial charge in [-0.15, -0.1) is 0 Å². The molecule has 6 nitrogen and oxygen atoms in total. The van der Waals surface area contributed by atoms with Gasteiger partial charge in [-0.05, 0) is 44.5 Å². The minimum Gasteiger partial charge on any atom is -0.481 e. The van der Waals surface area contributed by atoms with Gasteiger partial charge in [0.15, 0.2) is 0 Å². The first-order valence-electron chi connectivity index (χ1n) is 8.36. The SMILES string of the molecule is CCCNCCCCC(C)C(=O)O.CCCSCC(N)C(=O)O. The van der Waals surface area contributed by atoms with Crippen LogP contribution in [0.3, 0.4) is 0 Å². The zero-order valence-electron chi connectivity index (χ0n) is 14.7. The Hall–Kier alpha value is -0.790. The van der Waals surface area contributed by atoms with Gasteiger partial charge in [-0.25, -0.2) is 0 Å². The summed E-state index contributed by atoms with van der Waals surface area (Å²) >= 11 is 1.58. The van der Waals surface area contributed by atoms with Crippen LogP contribution in [0, 0.1) is 5.92 Å². The Kier molecular flexibility index (Phi) is 18.7. The van der Waals surface area contributed by atoms with Crippen LogP contribution in [-0.4, -0.2) is 52.8 Å². The molecule has 0 saturated carbocycles. The van der Waals surface area contributed by atoms with Gasteiger partial charge in [0.2, 0.25) is 0 Å². The highest BCUT2D eigenvalue weighted by molar-refractivity contribution is 7.99. The molecule has 0 aromatic carbocycles. The van der Waals surface area contributed by atoms with Crippen LogP contribution in [0.2, 0.25) is 0 Å². The summed E-state index contributed by atoms with van der Waals surface area (Å²) in [7, 11) is 0. The van der Waals surface area contributed by atoms with E-state index in [4.69, 9.17) is 15.9 Å². The number of nitrogens with one attached hydrogen (secondary N) is 1. The summed E-state index contributed by atoms with van der Waals surface area (Å²) in [4.78, 5) is 20.6. The number of carboxylic acids is 2. The van der Waals surface area contributed by atoms with Gasteiger partial charge in [0.05, 0.1) is 5.92 Å². The molecule has 5 N–H and O–H groups in total. The zero-order chi connectivity index (χ0) is 18.1. The molecule has 0 amide bonds. The van der Waals surface area contributed by atoms with E-state index in [1.807, 2.05) is 0 Å². The predicted octanol–water partition coefficient (Wildman–Crippen LogP) is 2.42. The van der Waals surface area contributed by atoms with E-state index in [9.17, 15) is 9.59 Å². The van der Waals surface area contributed by atoms with Crippen molar-refractivity contribution in [2.24, 2.45) is 11.7 Å². The number of nitrogens with two attached hydrogens (primary N) is 1. The summed E-state index contributed by atoms with van der Waals surface area (Å²) < 4.78 is 0. The molecular formula is C16H34N2O4S. The van der Waals surface area contributed by atoms with Crippen molar-refractivity contribution in [3.05, 3.63) is 0 Å². The van der Waals surface area contributed by atoms with Crippen molar-refractivity contribution in [3.8, 4) is 0 Å². The number of carboxylic acid groups (broad SMARTS) is 2. The standard InChI is InChI=1S/C10H21NO2.C6H13NO2S/c1-3-7-11-8-5-4-6-9(2)10(12)13;1-2-3-10-4-5(7)6(8)9/h9,11H,3-8H2,1-2H3,(H,12,13);5H,2-4,7H2,1H3,(H,8,9). The molecule has 0 aliphatic carbocycles. The second kappa shape index (κ2) is 17.6. The van der Waals surface area contributed by atoms with Crippen molar-refractivity contribution < 1.29 is 19.8 Å². The molecule has 0 radical (unpaired) electrons. The minimum atomic E-state index is -0.913. The summed E-state index contributed by atoms with van der Waals surface area (Å²) in [6.45, 7) is 8.04. The summed E-state index contributed by atoms with van der Waals surface area (Å²) in [6, 6.07) is -0.698. The third-order valence-corrected chi connectivity index (χ3v) is 4.34. The molecule has 138 valence electrons. The van der Waals surface area contributed by atoms with Crippen LogP contribution < -0.4 is 11.1 Å². The van der Waals surface area contributed by atoms with E-state index in [2.05, 4.69) is 19.2 Å². The predicted molar refractivity (Wildman–Crippen MR) is 97.0 cm³/mol. The number of unbranched alkanes of at least 4 members (excludes halogenated alkanes) is 1. The molecule has 0 aromatic heterocycles. The Morgan fingerprint density at radius 1 is 1.09 bits per heavy atom. The molecule has 7 heteroatoms. The van der Waals surface area contributed by atoms with Crippen LogP contribution >= 0.6 is 11.8 Å². The molecule has 0 aromatic rings. The van der Waals surface area contributed by atoms with E-state index in [1.165, 1.54) is 0 Å². The van der Waals surface area contributed by atoms with Gasteiger partial charge in [0.25, 0.3) is 0 Å². The van der Waals surface area contributed by atoms with E-state index in [0.717, 1.165) is 50.9 Å². The largest absolute Gasteiger partial charge is 0.481 e. The zero-order valence-corrected chi connectivity index (χ0v) is 15.5. The Morgan fingerprint density at radius 2 is 1.74 bits per heavy atom. The summed E-state index contributed by atoms with van der Waals surface area (Å²) in [5, 5.41) is 20.2. The van der Waals surface area contributed by atoms with Crippen LogP contribution in [0.25, 0.3) is 0 Å². The summed E-state index contributed by atoms with van der Waals surface area (Å²) in [5.41, 5.74) is 5.24. The first-order chi connectivity index (χ1) is 10.9. The summed E-state index contributed by atoms with van der Waals surface area (Å²) in [5.74, 6) is -0.277. The Morgan fingerprint density at radius 3 is 2.22 bits per heavy atom. The maximum absolute atomic E-state index is 10.4. The van der Waals surface area contributed by atoms with Crippen molar-refractivity contribution in [2.75, 3.05) is 24.6 Å². The highest BCUT2D eigenvalue weighted by Gasteiger charge is 2.10. The van der Waals surface area contributed by atoms with E-state index in [1.54, 1.807) is 18.7 Å². The lowest BCUT2D eigenvalue weighted by molar-refractivity contribution is -0.141. The normalized spacial score (nSPS) is 12.9. The van der Waals surface area contributed by atoms with Gasteiger partial charge in [-0.2, -0.15) is 11.8 Å². The summed E-state index contributed by atoms with van der Waals surface area (Å²) in [6.07, 6.45) is 5.10. The number of hydrogen-bond donors (Lipinski definition) is 4. The molecule has 0 rings (SSSR count). The maximum Gasteiger partial charge on any atom is 0.321 e. The molecule has 0 saturated heterocycles. The number of rotatable bonds is 13.